The van der Waals surface area contributed by atoms with E-state index in [1.54, 1.807) is 0 Å². The van der Waals surface area contributed by atoms with E-state index >= 15 is 0 Å². The monoisotopic (exact) mass is 664 g/mol. The Kier molecular flexibility index (Phi) is 39.3. The van der Waals surface area contributed by atoms with Crippen molar-refractivity contribution in [3.05, 3.63) is 0 Å². The fourth-order valence-electron chi connectivity index (χ4n) is 5.41. The van der Waals surface area contributed by atoms with Crippen molar-refractivity contribution in [2.24, 2.45) is 5.41 Å². The normalized spacial score (nSPS) is 11.9. The van der Waals surface area contributed by atoms with Crippen LogP contribution >= 0.6 is 17.2 Å². The van der Waals surface area contributed by atoms with Gasteiger partial charge in [0.15, 0.2) is 0 Å². The molecule has 12 heteroatoms. The molecule has 0 fully saturated rings. The minimum atomic E-state index is -2.62. The first-order valence-corrected chi connectivity index (χ1v) is 19.2. The van der Waals surface area contributed by atoms with Gasteiger partial charge in [0.25, 0.3) is 0 Å². The van der Waals surface area contributed by atoms with Gasteiger partial charge < -0.3 is 49.8 Å². The average molecular weight is 665 g/mol. The fraction of sp³-hybridized carbons (Fsp3) is 1.00. The summed E-state index contributed by atoms with van der Waals surface area (Å²) in [6.07, 6.45) is 28.6. The van der Waals surface area contributed by atoms with Gasteiger partial charge in [-0.25, -0.2) is 0 Å². The van der Waals surface area contributed by atoms with E-state index in [9.17, 15) is 20.4 Å². The first-order chi connectivity index (χ1) is 20.5. The van der Waals surface area contributed by atoms with E-state index in [0.29, 0.717) is 12.8 Å². The van der Waals surface area contributed by atoms with Crippen molar-refractivity contribution in [1.82, 2.24) is 0 Å². The highest BCUT2D eigenvalue weighted by molar-refractivity contribution is 7.38. The standard InChI is InChI=1S/C31H64O4.2H3O3P/c1-3-5-7-9-11-13-15-17-19-21-23-25-31(35,30(27-32,28-33)29-34)26-24-22-20-18-16-14-12-10-8-6-4-2;2*1-4(2)3/h32-35H,3-29H2,1-2H3;2*1-3H. The van der Waals surface area contributed by atoms with Crippen molar-refractivity contribution in [1.29, 1.82) is 0 Å². The van der Waals surface area contributed by atoms with Crippen LogP contribution in [0.5, 0.6) is 0 Å². The number of rotatable bonds is 28. The Morgan fingerprint density at radius 1 is 0.372 bits per heavy atom. The zero-order valence-electron chi connectivity index (χ0n) is 27.5. The number of aliphatic hydroxyl groups excluding tert-OH is 3. The minimum absolute atomic E-state index is 0.382. The van der Waals surface area contributed by atoms with E-state index in [-0.39, 0.29) is 19.8 Å². The topological polar surface area (TPSA) is 202 Å². The summed E-state index contributed by atoms with van der Waals surface area (Å²) in [6, 6.07) is 0. The maximum Gasteiger partial charge on any atom is 0.324 e. The summed E-state index contributed by atoms with van der Waals surface area (Å²) in [7, 11) is -5.24. The Morgan fingerprint density at radius 3 is 0.744 bits per heavy atom. The lowest BCUT2D eigenvalue weighted by atomic mass is 9.68. The molecule has 0 spiro atoms. The van der Waals surface area contributed by atoms with Crippen LogP contribution in [0.3, 0.4) is 0 Å². The highest BCUT2D eigenvalue weighted by Gasteiger charge is 2.48. The van der Waals surface area contributed by atoms with E-state index in [4.69, 9.17) is 29.4 Å². The predicted molar refractivity (Wildman–Crippen MR) is 178 cm³/mol. The molecule has 10 nitrogen and oxygen atoms in total. The molecule has 43 heavy (non-hydrogen) atoms. The molecular weight excluding hydrogens is 594 g/mol. The summed E-state index contributed by atoms with van der Waals surface area (Å²) in [4.78, 5) is 43.4. The molecule has 0 saturated heterocycles. The van der Waals surface area contributed by atoms with E-state index < -0.39 is 28.2 Å². The molecule has 0 aromatic carbocycles. The molecule has 0 bridgehead atoms. The summed E-state index contributed by atoms with van der Waals surface area (Å²) >= 11 is 0. The highest BCUT2D eigenvalue weighted by atomic mass is 31.2. The Bertz CT molecular complexity index is 481. The molecule has 264 valence electrons. The van der Waals surface area contributed by atoms with E-state index in [1.807, 2.05) is 0 Å². The van der Waals surface area contributed by atoms with Crippen molar-refractivity contribution in [3.8, 4) is 0 Å². The van der Waals surface area contributed by atoms with E-state index in [1.165, 1.54) is 116 Å². The minimum Gasteiger partial charge on any atom is -0.395 e. The van der Waals surface area contributed by atoms with E-state index in [2.05, 4.69) is 13.8 Å². The number of hydrogen-bond acceptors (Lipinski definition) is 10. The Hall–Kier alpha value is 0.460. The fourth-order valence-corrected chi connectivity index (χ4v) is 5.41. The molecule has 0 unspecified atom stereocenters. The Balaban J connectivity index is -0.00000176. The second kappa shape index (κ2) is 35.3. The summed E-state index contributed by atoms with van der Waals surface area (Å²) < 4.78 is 0. The Labute approximate surface area is 265 Å². The molecule has 0 saturated carbocycles. The summed E-state index contributed by atoms with van der Waals surface area (Å²) in [5.74, 6) is 0. The van der Waals surface area contributed by atoms with Crippen LogP contribution in [0, 0.1) is 5.41 Å². The lowest BCUT2D eigenvalue weighted by Crippen LogP contribution is -2.55. The van der Waals surface area contributed by atoms with Crippen molar-refractivity contribution < 1.29 is 49.8 Å². The average Bonchev–Trinajstić information content (AvgIpc) is 2.95. The molecule has 0 aliphatic heterocycles. The number of aliphatic hydroxyl groups is 4. The van der Waals surface area contributed by atoms with Gasteiger partial charge in [-0.05, 0) is 12.8 Å². The van der Waals surface area contributed by atoms with Crippen molar-refractivity contribution in [2.45, 2.75) is 174 Å². The van der Waals surface area contributed by atoms with Crippen molar-refractivity contribution in [2.75, 3.05) is 19.8 Å². The lowest BCUT2D eigenvalue weighted by molar-refractivity contribution is -0.162. The van der Waals surface area contributed by atoms with Gasteiger partial charge in [0, 0.05) is 0 Å². The zero-order valence-corrected chi connectivity index (χ0v) is 29.2. The SMILES string of the molecule is CCCCCCCCCCCCCC(O)(CCCCCCCCCCCCC)C(CO)(CO)CO.OP(O)O.OP(O)O. The second-order valence-electron chi connectivity index (χ2n) is 11.9. The summed E-state index contributed by atoms with van der Waals surface area (Å²) in [6.45, 7) is 3.36. The highest BCUT2D eigenvalue weighted by Crippen LogP contribution is 2.39. The molecule has 0 aliphatic rings. The van der Waals surface area contributed by atoms with Gasteiger partial charge in [-0.15, -0.1) is 0 Å². The second-order valence-corrected chi connectivity index (χ2v) is 13.0. The molecular formula is C31H70O10P2. The molecule has 0 aromatic heterocycles. The van der Waals surface area contributed by atoms with Crippen LogP contribution in [0.2, 0.25) is 0 Å². The van der Waals surface area contributed by atoms with Gasteiger partial charge in [0.1, 0.15) is 0 Å². The van der Waals surface area contributed by atoms with Gasteiger partial charge in [-0.2, -0.15) is 0 Å². The maximum atomic E-state index is 11.5. The first-order valence-electron chi connectivity index (χ1n) is 16.8. The molecule has 0 radical (unpaired) electrons. The van der Waals surface area contributed by atoms with Gasteiger partial charge in [-0.3, -0.25) is 0 Å². The Morgan fingerprint density at radius 2 is 0.558 bits per heavy atom. The number of hydrogen-bond donors (Lipinski definition) is 10. The summed E-state index contributed by atoms with van der Waals surface area (Å²) in [5, 5.41) is 41.5. The van der Waals surface area contributed by atoms with Crippen LogP contribution < -0.4 is 0 Å². The van der Waals surface area contributed by atoms with Crippen LogP contribution in [0.15, 0.2) is 0 Å². The lowest BCUT2D eigenvalue weighted by Gasteiger charge is -2.44. The van der Waals surface area contributed by atoms with Gasteiger partial charge in [0.05, 0.1) is 30.8 Å². The first kappa shape index (κ1) is 47.9. The predicted octanol–water partition coefficient (Wildman–Crippen LogP) is 6.46. The third kappa shape index (κ3) is 32.2. The van der Waals surface area contributed by atoms with Crippen molar-refractivity contribution >= 4 is 17.2 Å². The van der Waals surface area contributed by atoms with Crippen LogP contribution in [0.1, 0.15) is 168 Å². The quantitative estimate of drug-likeness (QED) is 0.0326. The van der Waals surface area contributed by atoms with Gasteiger partial charge >= 0.3 is 17.2 Å². The van der Waals surface area contributed by atoms with Gasteiger partial charge in [0.2, 0.25) is 0 Å². The van der Waals surface area contributed by atoms with Gasteiger partial charge in [-0.1, -0.05) is 155 Å². The molecule has 0 atom stereocenters. The summed E-state index contributed by atoms with van der Waals surface area (Å²) in [5.41, 5.74) is -2.42. The van der Waals surface area contributed by atoms with Crippen LogP contribution in [0.25, 0.3) is 0 Å². The molecule has 0 aliphatic carbocycles. The zero-order chi connectivity index (χ0) is 33.2. The molecule has 0 rings (SSSR count). The van der Waals surface area contributed by atoms with Crippen LogP contribution in [-0.2, 0) is 0 Å². The van der Waals surface area contributed by atoms with Crippen LogP contribution in [0.4, 0.5) is 0 Å². The van der Waals surface area contributed by atoms with Crippen molar-refractivity contribution in [3.63, 3.8) is 0 Å². The molecule has 10 N–H and O–H groups in total. The third-order valence-corrected chi connectivity index (χ3v) is 8.28. The molecule has 0 heterocycles. The largest absolute Gasteiger partial charge is 0.395 e. The smallest absolute Gasteiger partial charge is 0.324 e. The maximum absolute atomic E-state index is 11.5. The molecule has 0 aromatic rings. The molecule has 0 amide bonds. The third-order valence-electron chi connectivity index (χ3n) is 8.28. The van der Waals surface area contributed by atoms with E-state index in [0.717, 1.165) is 25.7 Å². The number of unbranched alkanes of at least 4 members (excludes halogenated alkanes) is 20. The van der Waals surface area contributed by atoms with Crippen LogP contribution in [-0.4, -0.2) is 75.2 Å².